The number of carbonyl (C=O) groups excluding carboxylic acids is 1. The lowest BCUT2D eigenvalue weighted by Gasteiger charge is -2.37. The maximum Gasteiger partial charge on any atom is 0.340 e. The Hall–Kier alpha value is -2.11. The van der Waals surface area contributed by atoms with Crippen molar-refractivity contribution in [2.75, 3.05) is 25.1 Å². The van der Waals surface area contributed by atoms with Crippen LogP contribution in [0.25, 0.3) is 0 Å². The van der Waals surface area contributed by atoms with Gasteiger partial charge >= 0.3 is 5.97 Å². The largest absolute Gasteiger partial charge is 0.465 e. The standard InChI is InChI=1S/C15H20N2O4/c1-10-6-11(2)9-16(8-10)14-5-4-12(17(19)20)7-13(14)15(18)21-3/h4-5,7,10-11H,6,8-9H2,1-3H3/t10-,11-/m1/s1. The number of nitrogens with zero attached hydrogens (tertiary/aromatic N) is 2. The number of ether oxygens (including phenoxy) is 1. The molecule has 0 N–H and O–H groups in total. The number of esters is 1. The number of anilines is 1. The van der Waals surface area contributed by atoms with Crippen LogP contribution in [-0.2, 0) is 4.74 Å². The van der Waals surface area contributed by atoms with Crippen molar-refractivity contribution in [3.63, 3.8) is 0 Å². The summed E-state index contributed by atoms with van der Waals surface area (Å²) >= 11 is 0. The van der Waals surface area contributed by atoms with E-state index in [1.54, 1.807) is 6.07 Å². The summed E-state index contributed by atoms with van der Waals surface area (Å²) in [6.45, 7) is 6.02. The minimum absolute atomic E-state index is 0.0998. The van der Waals surface area contributed by atoms with Gasteiger partial charge in [-0.2, -0.15) is 0 Å². The molecule has 1 saturated heterocycles. The topological polar surface area (TPSA) is 72.7 Å². The molecule has 1 aliphatic heterocycles. The van der Waals surface area contributed by atoms with E-state index in [4.69, 9.17) is 4.74 Å². The molecule has 114 valence electrons. The van der Waals surface area contributed by atoms with Gasteiger partial charge in [0.2, 0.25) is 0 Å². The molecule has 1 aliphatic rings. The number of methoxy groups -OCH3 is 1. The normalized spacial score (nSPS) is 22.0. The first-order valence-corrected chi connectivity index (χ1v) is 7.04. The quantitative estimate of drug-likeness (QED) is 0.486. The van der Waals surface area contributed by atoms with E-state index < -0.39 is 10.9 Å². The summed E-state index contributed by atoms with van der Waals surface area (Å²) in [5.74, 6) is 0.503. The molecule has 0 radical (unpaired) electrons. The number of hydrogen-bond donors (Lipinski definition) is 0. The molecule has 1 heterocycles. The summed E-state index contributed by atoms with van der Waals surface area (Å²) in [6.07, 6.45) is 1.15. The van der Waals surface area contributed by atoms with Crippen LogP contribution >= 0.6 is 0 Å². The number of nitro groups is 1. The molecule has 0 saturated carbocycles. The summed E-state index contributed by atoms with van der Waals surface area (Å²) in [4.78, 5) is 24.5. The maximum atomic E-state index is 11.9. The van der Waals surface area contributed by atoms with Crippen LogP contribution in [-0.4, -0.2) is 31.1 Å². The minimum atomic E-state index is -0.542. The predicted molar refractivity (Wildman–Crippen MR) is 79.6 cm³/mol. The molecule has 0 unspecified atom stereocenters. The Morgan fingerprint density at radius 2 is 1.95 bits per heavy atom. The van der Waals surface area contributed by atoms with Crippen molar-refractivity contribution in [3.05, 3.63) is 33.9 Å². The van der Waals surface area contributed by atoms with Crippen LogP contribution in [0.5, 0.6) is 0 Å². The molecule has 2 rings (SSSR count). The molecular weight excluding hydrogens is 272 g/mol. The van der Waals surface area contributed by atoms with E-state index in [-0.39, 0.29) is 11.3 Å². The molecule has 2 atom stereocenters. The highest BCUT2D eigenvalue weighted by atomic mass is 16.6. The average Bonchev–Trinajstić information content (AvgIpc) is 2.44. The van der Waals surface area contributed by atoms with Gasteiger partial charge < -0.3 is 9.64 Å². The van der Waals surface area contributed by atoms with Gasteiger partial charge in [-0.25, -0.2) is 4.79 Å². The number of nitro benzene ring substituents is 1. The molecule has 1 fully saturated rings. The van der Waals surface area contributed by atoms with Gasteiger partial charge in [0.25, 0.3) is 5.69 Å². The van der Waals surface area contributed by atoms with Gasteiger partial charge in [-0.1, -0.05) is 13.8 Å². The Morgan fingerprint density at radius 3 is 2.48 bits per heavy atom. The zero-order valence-corrected chi connectivity index (χ0v) is 12.5. The monoisotopic (exact) mass is 292 g/mol. The number of non-ortho nitro benzene ring substituents is 1. The van der Waals surface area contributed by atoms with Gasteiger partial charge in [-0.15, -0.1) is 0 Å². The molecule has 0 aliphatic carbocycles. The molecule has 1 aromatic rings. The van der Waals surface area contributed by atoms with Crippen LogP contribution in [0.3, 0.4) is 0 Å². The van der Waals surface area contributed by atoms with Gasteiger partial charge in [-0.05, 0) is 24.3 Å². The Labute approximate surface area is 123 Å². The first-order chi connectivity index (χ1) is 9.92. The molecule has 0 bridgehead atoms. The van der Waals surface area contributed by atoms with Crippen molar-refractivity contribution in [3.8, 4) is 0 Å². The summed E-state index contributed by atoms with van der Waals surface area (Å²) in [6, 6.07) is 4.38. The van der Waals surface area contributed by atoms with Gasteiger partial charge in [0.15, 0.2) is 0 Å². The third-order valence-electron chi connectivity index (χ3n) is 3.81. The number of rotatable bonds is 3. The number of piperidine rings is 1. The highest BCUT2D eigenvalue weighted by Crippen LogP contribution is 2.31. The summed E-state index contributed by atoms with van der Waals surface area (Å²) in [7, 11) is 1.28. The summed E-state index contributed by atoms with van der Waals surface area (Å²) in [5.41, 5.74) is 0.871. The zero-order chi connectivity index (χ0) is 15.6. The lowest BCUT2D eigenvalue weighted by molar-refractivity contribution is -0.384. The fraction of sp³-hybridized carbons (Fsp3) is 0.533. The molecule has 6 nitrogen and oxygen atoms in total. The smallest absolute Gasteiger partial charge is 0.340 e. The Balaban J connectivity index is 2.42. The van der Waals surface area contributed by atoms with E-state index in [0.717, 1.165) is 19.5 Å². The van der Waals surface area contributed by atoms with E-state index in [0.29, 0.717) is 17.5 Å². The molecular formula is C15H20N2O4. The van der Waals surface area contributed by atoms with E-state index in [1.165, 1.54) is 19.2 Å². The van der Waals surface area contributed by atoms with Crippen molar-refractivity contribution in [1.82, 2.24) is 0 Å². The van der Waals surface area contributed by atoms with Crippen molar-refractivity contribution in [2.45, 2.75) is 20.3 Å². The van der Waals surface area contributed by atoms with Crippen LogP contribution in [0.4, 0.5) is 11.4 Å². The van der Waals surface area contributed by atoms with Crippen LogP contribution in [0, 0.1) is 22.0 Å². The maximum absolute atomic E-state index is 11.9. The average molecular weight is 292 g/mol. The lowest BCUT2D eigenvalue weighted by Crippen LogP contribution is -2.39. The van der Waals surface area contributed by atoms with E-state index >= 15 is 0 Å². The Kier molecular flexibility index (Phi) is 4.45. The van der Waals surface area contributed by atoms with Crippen LogP contribution < -0.4 is 4.90 Å². The van der Waals surface area contributed by atoms with Crippen molar-refractivity contribution in [1.29, 1.82) is 0 Å². The Morgan fingerprint density at radius 1 is 1.33 bits per heavy atom. The second kappa shape index (κ2) is 6.11. The fourth-order valence-electron chi connectivity index (χ4n) is 3.05. The number of carbonyl (C=O) groups is 1. The number of hydrogen-bond acceptors (Lipinski definition) is 5. The summed E-state index contributed by atoms with van der Waals surface area (Å²) < 4.78 is 4.77. The van der Waals surface area contributed by atoms with Crippen molar-refractivity contribution in [2.24, 2.45) is 11.8 Å². The van der Waals surface area contributed by atoms with E-state index in [9.17, 15) is 14.9 Å². The number of benzene rings is 1. The fourth-order valence-corrected chi connectivity index (χ4v) is 3.05. The molecule has 0 amide bonds. The second-order valence-electron chi connectivity index (χ2n) is 5.80. The van der Waals surface area contributed by atoms with E-state index in [2.05, 4.69) is 18.7 Å². The van der Waals surface area contributed by atoms with Gasteiger partial charge in [0.05, 0.1) is 23.3 Å². The van der Waals surface area contributed by atoms with Crippen LogP contribution in [0.1, 0.15) is 30.6 Å². The zero-order valence-electron chi connectivity index (χ0n) is 12.5. The highest BCUT2D eigenvalue weighted by Gasteiger charge is 2.26. The van der Waals surface area contributed by atoms with Gasteiger partial charge in [0, 0.05) is 25.2 Å². The minimum Gasteiger partial charge on any atom is -0.465 e. The SMILES string of the molecule is COC(=O)c1cc([N+](=O)[O-])ccc1N1C[C@H](C)C[C@@H](C)C1. The van der Waals surface area contributed by atoms with Gasteiger partial charge in [0.1, 0.15) is 0 Å². The van der Waals surface area contributed by atoms with Crippen LogP contribution in [0.2, 0.25) is 0 Å². The van der Waals surface area contributed by atoms with Crippen molar-refractivity contribution >= 4 is 17.3 Å². The lowest BCUT2D eigenvalue weighted by atomic mass is 9.91. The molecule has 1 aromatic carbocycles. The predicted octanol–water partition coefficient (Wildman–Crippen LogP) is 2.86. The van der Waals surface area contributed by atoms with Gasteiger partial charge in [-0.3, -0.25) is 10.1 Å². The van der Waals surface area contributed by atoms with Crippen LogP contribution in [0.15, 0.2) is 18.2 Å². The first kappa shape index (κ1) is 15.3. The second-order valence-corrected chi connectivity index (χ2v) is 5.80. The highest BCUT2D eigenvalue weighted by molar-refractivity contribution is 5.96. The van der Waals surface area contributed by atoms with E-state index in [1.807, 2.05) is 0 Å². The van der Waals surface area contributed by atoms with Crippen molar-refractivity contribution < 1.29 is 14.5 Å². The summed E-state index contributed by atoms with van der Waals surface area (Å²) in [5, 5.41) is 10.9. The third kappa shape index (κ3) is 3.32. The molecule has 21 heavy (non-hydrogen) atoms. The molecule has 0 aromatic heterocycles. The molecule has 6 heteroatoms. The first-order valence-electron chi connectivity index (χ1n) is 7.04. The molecule has 0 spiro atoms. The Bertz CT molecular complexity index is 549. The third-order valence-corrected chi connectivity index (χ3v) is 3.81.